The van der Waals surface area contributed by atoms with Crippen molar-refractivity contribution in [2.45, 2.75) is 31.1 Å². The van der Waals surface area contributed by atoms with E-state index in [1.54, 1.807) is 6.92 Å². The zero-order chi connectivity index (χ0) is 25.7. The van der Waals surface area contributed by atoms with Gasteiger partial charge in [-0.15, -0.1) is 13.0 Å². The van der Waals surface area contributed by atoms with Crippen molar-refractivity contribution in [1.29, 1.82) is 0 Å². The van der Waals surface area contributed by atoms with E-state index in [0.29, 0.717) is 0 Å². The quantitative estimate of drug-likeness (QED) is 0.244. The maximum atomic E-state index is 13.4. The number of ether oxygens (including phenoxy) is 3. The number of hydrogen-bond donors (Lipinski definition) is 0. The number of methoxy groups -OCH3 is 2. The minimum atomic E-state index is -4.58. The molecule has 1 aromatic rings. The van der Waals surface area contributed by atoms with Crippen LogP contribution in [-0.4, -0.2) is 55.7 Å². The highest BCUT2D eigenvalue weighted by Crippen LogP contribution is 2.54. The van der Waals surface area contributed by atoms with Crippen LogP contribution in [0.5, 0.6) is 0 Å². The van der Waals surface area contributed by atoms with Crippen molar-refractivity contribution in [3.63, 3.8) is 0 Å². The van der Waals surface area contributed by atoms with Gasteiger partial charge in [-0.2, -0.15) is 13.2 Å². The van der Waals surface area contributed by atoms with Gasteiger partial charge in [-0.25, -0.2) is 4.79 Å². The number of carbonyl (C=O) groups is 3. The molecule has 34 heavy (non-hydrogen) atoms. The van der Waals surface area contributed by atoms with Crippen molar-refractivity contribution in [2.75, 3.05) is 27.4 Å². The predicted molar refractivity (Wildman–Crippen MR) is 115 cm³/mol. The first-order valence-electron chi connectivity index (χ1n) is 10.4. The summed E-state index contributed by atoms with van der Waals surface area (Å²) in [6.07, 6.45) is 2.22. The fourth-order valence-electron chi connectivity index (χ4n) is 4.61. The fraction of sp³-hybridized carbons (Fsp3) is 0.458. The van der Waals surface area contributed by atoms with Gasteiger partial charge in [0.25, 0.3) is 0 Å². The number of nitrogens with zero attached hydrogens (tertiary/aromatic N) is 1. The number of esters is 3. The number of halogens is 3. The lowest BCUT2D eigenvalue weighted by Crippen LogP contribution is -2.57. The number of likely N-dealkylation sites (tertiary alicyclic amines) is 1. The Morgan fingerprint density at radius 2 is 1.76 bits per heavy atom. The SMILES string of the molecule is C#CCN1[C@H](c2ccc(C(F)(F)F)cc2)[C@H](C(=O)OC)[C@H](C(=O)OC)[C@]1(CC=C)C(=O)OCC. The molecule has 1 heterocycles. The molecule has 0 aromatic heterocycles. The van der Waals surface area contributed by atoms with Gasteiger partial charge in [-0.3, -0.25) is 14.5 Å². The monoisotopic (exact) mass is 481 g/mol. The molecular formula is C24H26F3NO6. The van der Waals surface area contributed by atoms with Crippen LogP contribution < -0.4 is 0 Å². The van der Waals surface area contributed by atoms with E-state index in [1.165, 1.54) is 23.1 Å². The third-order valence-electron chi connectivity index (χ3n) is 5.92. The first kappa shape index (κ1) is 26.9. The Morgan fingerprint density at radius 1 is 1.18 bits per heavy atom. The van der Waals surface area contributed by atoms with Crippen molar-refractivity contribution < 1.29 is 41.8 Å². The second-order valence-electron chi connectivity index (χ2n) is 7.58. The number of terminal acetylenes is 1. The average molecular weight is 481 g/mol. The minimum Gasteiger partial charge on any atom is -0.469 e. The second kappa shape index (κ2) is 10.7. The van der Waals surface area contributed by atoms with Crippen LogP contribution in [0.3, 0.4) is 0 Å². The molecule has 184 valence electrons. The highest BCUT2D eigenvalue weighted by molar-refractivity contribution is 5.94. The molecule has 1 aromatic carbocycles. The zero-order valence-electron chi connectivity index (χ0n) is 19.1. The summed E-state index contributed by atoms with van der Waals surface area (Å²) < 4.78 is 54.6. The summed E-state index contributed by atoms with van der Waals surface area (Å²) in [6, 6.07) is 2.96. The van der Waals surface area contributed by atoms with E-state index in [-0.39, 0.29) is 25.1 Å². The van der Waals surface area contributed by atoms with Crippen molar-refractivity contribution >= 4 is 17.9 Å². The number of benzene rings is 1. The average Bonchev–Trinajstić information content (AvgIpc) is 3.09. The van der Waals surface area contributed by atoms with E-state index >= 15 is 0 Å². The number of rotatable bonds is 8. The van der Waals surface area contributed by atoms with E-state index in [1.807, 2.05) is 0 Å². The third-order valence-corrected chi connectivity index (χ3v) is 5.92. The first-order valence-corrected chi connectivity index (χ1v) is 10.4. The normalized spacial score (nSPS) is 24.7. The highest BCUT2D eigenvalue weighted by atomic mass is 19.4. The predicted octanol–water partition coefficient (Wildman–Crippen LogP) is 3.15. The maximum absolute atomic E-state index is 13.4. The number of hydrogen-bond acceptors (Lipinski definition) is 7. The largest absolute Gasteiger partial charge is 0.469 e. The number of carbonyl (C=O) groups excluding carboxylic acids is 3. The molecular weight excluding hydrogens is 455 g/mol. The first-order chi connectivity index (χ1) is 16.0. The van der Waals surface area contributed by atoms with Crippen molar-refractivity contribution in [3.8, 4) is 12.3 Å². The lowest BCUT2D eigenvalue weighted by molar-refractivity contribution is -0.168. The van der Waals surface area contributed by atoms with E-state index < -0.39 is 53.1 Å². The molecule has 1 aliphatic rings. The zero-order valence-corrected chi connectivity index (χ0v) is 19.1. The molecule has 1 saturated heterocycles. The van der Waals surface area contributed by atoms with Crippen LogP contribution in [0.1, 0.15) is 30.5 Å². The van der Waals surface area contributed by atoms with Crippen LogP contribution in [0, 0.1) is 24.2 Å². The third kappa shape index (κ3) is 4.66. The van der Waals surface area contributed by atoms with Gasteiger partial charge < -0.3 is 14.2 Å². The highest BCUT2D eigenvalue weighted by Gasteiger charge is 2.68. The summed E-state index contributed by atoms with van der Waals surface area (Å²) in [5.41, 5.74) is -2.49. The van der Waals surface area contributed by atoms with Gasteiger partial charge in [-0.1, -0.05) is 24.1 Å². The standard InChI is InChI=1S/C24H26F3NO6/c1-6-13-23(22(31)34-8-3)18(21(30)33-5)17(20(29)32-4)19(28(23)14-7-2)15-9-11-16(12-10-15)24(25,26)27/h2,6,9-12,17-19H,1,8,13-14H2,3-5H3/t17-,18-,19-,23-/m1/s1. The van der Waals surface area contributed by atoms with Crippen LogP contribution in [-0.2, 0) is 34.8 Å². The van der Waals surface area contributed by atoms with Gasteiger partial charge in [0.1, 0.15) is 11.5 Å². The Kier molecular flexibility index (Phi) is 8.51. The van der Waals surface area contributed by atoms with Crippen LogP contribution in [0.25, 0.3) is 0 Å². The molecule has 0 radical (unpaired) electrons. The van der Waals surface area contributed by atoms with E-state index in [9.17, 15) is 27.6 Å². The summed E-state index contributed by atoms with van der Waals surface area (Å²) >= 11 is 0. The molecule has 0 N–H and O–H groups in total. The van der Waals surface area contributed by atoms with Crippen LogP contribution in [0.15, 0.2) is 36.9 Å². The smallest absolute Gasteiger partial charge is 0.416 e. The summed E-state index contributed by atoms with van der Waals surface area (Å²) in [5, 5.41) is 0. The summed E-state index contributed by atoms with van der Waals surface area (Å²) in [6.45, 7) is 4.97. The van der Waals surface area contributed by atoms with E-state index in [0.717, 1.165) is 26.4 Å². The van der Waals surface area contributed by atoms with Crippen LogP contribution in [0.4, 0.5) is 13.2 Å². The van der Waals surface area contributed by atoms with Gasteiger partial charge in [0.15, 0.2) is 0 Å². The van der Waals surface area contributed by atoms with E-state index in [4.69, 9.17) is 20.6 Å². The van der Waals surface area contributed by atoms with Gasteiger partial charge in [0, 0.05) is 0 Å². The van der Waals surface area contributed by atoms with Crippen molar-refractivity contribution in [1.82, 2.24) is 4.90 Å². The Balaban J connectivity index is 2.88. The Morgan fingerprint density at radius 3 is 2.21 bits per heavy atom. The Labute approximate surface area is 195 Å². The summed E-state index contributed by atoms with van der Waals surface area (Å²) in [5.74, 6) is -2.98. The van der Waals surface area contributed by atoms with E-state index in [2.05, 4.69) is 12.5 Å². The van der Waals surface area contributed by atoms with Crippen LogP contribution in [0.2, 0.25) is 0 Å². The van der Waals surface area contributed by atoms with Crippen LogP contribution >= 0.6 is 0 Å². The molecule has 2 rings (SSSR count). The molecule has 0 bridgehead atoms. The molecule has 1 aliphatic heterocycles. The molecule has 7 nitrogen and oxygen atoms in total. The summed E-state index contributed by atoms with van der Waals surface area (Å²) in [4.78, 5) is 40.9. The Bertz CT molecular complexity index is 968. The van der Waals surface area contributed by atoms with Gasteiger partial charge in [0.05, 0.1) is 44.9 Å². The lowest BCUT2D eigenvalue weighted by atomic mass is 9.75. The van der Waals surface area contributed by atoms with Gasteiger partial charge in [0.2, 0.25) is 0 Å². The topological polar surface area (TPSA) is 82.1 Å². The second-order valence-corrected chi connectivity index (χ2v) is 7.58. The lowest BCUT2D eigenvalue weighted by Gasteiger charge is -2.39. The van der Waals surface area contributed by atoms with Gasteiger partial charge >= 0.3 is 24.1 Å². The number of alkyl halides is 3. The van der Waals surface area contributed by atoms with Crippen molar-refractivity contribution in [2.24, 2.45) is 11.8 Å². The molecule has 0 amide bonds. The molecule has 4 atom stereocenters. The molecule has 0 unspecified atom stereocenters. The maximum Gasteiger partial charge on any atom is 0.416 e. The fourth-order valence-corrected chi connectivity index (χ4v) is 4.61. The molecule has 0 spiro atoms. The Hall–Kier alpha value is -3.32. The minimum absolute atomic E-state index is 0.0383. The molecule has 10 heteroatoms. The van der Waals surface area contributed by atoms with Crippen molar-refractivity contribution in [3.05, 3.63) is 48.0 Å². The van der Waals surface area contributed by atoms with Gasteiger partial charge in [-0.05, 0) is 31.0 Å². The molecule has 0 saturated carbocycles. The molecule has 1 fully saturated rings. The molecule has 0 aliphatic carbocycles. The summed E-state index contributed by atoms with van der Waals surface area (Å²) in [7, 11) is 2.20.